The van der Waals surface area contributed by atoms with Gasteiger partial charge < -0.3 is 30.3 Å². The Hall–Kier alpha value is -2.95. The molecule has 1 fully saturated rings. The molecular weight excluding hydrogens is 500 g/mol. The van der Waals surface area contributed by atoms with E-state index in [1.165, 1.54) is 4.90 Å². The summed E-state index contributed by atoms with van der Waals surface area (Å²) in [7, 11) is 1.64. The molecule has 2 atom stereocenters. The smallest absolute Gasteiger partial charge is 0.410 e. The molecule has 1 saturated heterocycles. The van der Waals surface area contributed by atoms with Crippen LogP contribution in [-0.2, 0) is 19.7 Å². The third kappa shape index (κ3) is 9.63. The predicted octanol–water partition coefficient (Wildman–Crippen LogP) is 3.43. The van der Waals surface area contributed by atoms with Crippen molar-refractivity contribution in [1.29, 1.82) is 0 Å². The fourth-order valence-electron chi connectivity index (χ4n) is 4.38. The Kier molecular flexibility index (Phi) is 11.1. The SMILES string of the molecule is COCCCNc1nc(C(C)(C)C)ncc1C(=O)N(CC(C)C)[C@H]1C[C@H](C(N)=O)CN(C(=O)OC(C)(C)C)C1. The highest BCUT2D eigenvalue weighted by Gasteiger charge is 2.39. The number of nitrogens with one attached hydrogen (secondary N) is 1. The minimum Gasteiger partial charge on any atom is -0.444 e. The van der Waals surface area contributed by atoms with Crippen molar-refractivity contribution in [1.82, 2.24) is 19.8 Å². The van der Waals surface area contributed by atoms with Crippen molar-refractivity contribution in [2.45, 2.75) is 85.3 Å². The quantitative estimate of drug-likeness (QED) is 0.424. The van der Waals surface area contributed by atoms with Crippen LogP contribution in [0.3, 0.4) is 0 Å². The Labute approximate surface area is 233 Å². The van der Waals surface area contributed by atoms with Crippen LogP contribution in [0.15, 0.2) is 6.20 Å². The van der Waals surface area contributed by atoms with Gasteiger partial charge in [-0.05, 0) is 39.5 Å². The van der Waals surface area contributed by atoms with E-state index in [9.17, 15) is 14.4 Å². The van der Waals surface area contributed by atoms with Gasteiger partial charge in [0, 0.05) is 51.5 Å². The summed E-state index contributed by atoms with van der Waals surface area (Å²) in [5.41, 5.74) is 5.04. The first-order chi connectivity index (χ1) is 18.0. The number of hydrogen-bond acceptors (Lipinski definition) is 8. The molecule has 2 heterocycles. The number of carbonyl (C=O) groups is 3. The van der Waals surface area contributed by atoms with E-state index in [2.05, 4.69) is 10.3 Å². The number of nitrogens with zero attached hydrogens (tertiary/aromatic N) is 4. The fraction of sp³-hybridized carbons (Fsp3) is 0.750. The average molecular weight is 549 g/mol. The first-order valence-corrected chi connectivity index (χ1v) is 13.7. The third-order valence-electron chi connectivity index (χ3n) is 6.25. The molecule has 0 bridgehead atoms. The zero-order chi connectivity index (χ0) is 29.5. The summed E-state index contributed by atoms with van der Waals surface area (Å²) in [5.74, 6) is -0.181. The molecule has 0 radical (unpaired) electrons. The highest BCUT2D eigenvalue weighted by atomic mass is 16.6. The Morgan fingerprint density at radius 3 is 2.38 bits per heavy atom. The molecule has 3 N–H and O–H groups in total. The van der Waals surface area contributed by atoms with Crippen molar-refractivity contribution >= 4 is 23.7 Å². The number of carbonyl (C=O) groups excluding carboxylic acids is 3. The number of likely N-dealkylation sites (tertiary alicyclic amines) is 1. The molecule has 39 heavy (non-hydrogen) atoms. The molecule has 1 aliphatic heterocycles. The number of aromatic nitrogens is 2. The summed E-state index contributed by atoms with van der Waals surface area (Å²) in [6, 6.07) is -0.442. The number of rotatable bonds is 10. The number of anilines is 1. The minimum absolute atomic E-state index is 0.130. The van der Waals surface area contributed by atoms with Crippen LogP contribution in [0.4, 0.5) is 10.6 Å². The van der Waals surface area contributed by atoms with Crippen molar-refractivity contribution in [2.75, 3.05) is 45.2 Å². The Morgan fingerprint density at radius 2 is 1.85 bits per heavy atom. The molecule has 0 saturated carbocycles. The molecule has 0 spiro atoms. The van der Waals surface area contributed by atoms with E-state index in [1.54, 1.807) is 39.0 Å². The minimum atomic E-state index is -0.699. The lowest BCUT2D eigenvalue weighted by Gasteiger charge is -2.42. The van der Waals surface area contributed by atoms with E-state index < -0.39 is 29.6 Å². The van der Waals surface area contributed by atoms with Crippen LogP contribution in [0.25, 0.3) is 0 Å². The fourth-order valence-corrected chi connectivity index (χ4v) is 4.38. The van der Waals surface area contributed by atoms with Gasteiger partial charge in [0.25, 0.3) is 5.91 Å². The zero-order valence-electron chi connectivity index (χ0n) is 25.2. The Balaban J connectivity index is 2.47. The van der Waals surface area contributed by atoms with E-state index in [0.717, 1.165) is 6.42 Å². The van der Waals surface area contributed by atoms with Crippen LogP contribution in [0.5, 0.6) is 0 Å². The summed E-state index contributed by atoms with van der Waals surface area (Å²) in [6.45, 7) is 17.4. The second kappa shape index (κ2) is 13.4. The molecular formula is C28H48N6O5. The summed E-state index contributed by atoms with van der Waals surface area (Å²) in [4.78, 5) is 51.9. The van der Waals surface area contributed by atoms with Gasteiger partial charge in [0.15, 0.2) is 0 Å². The Morgan fingerprint density at radius 1 is 1.18 bits per heavy atom. The molecule has 0 aliphatic carbocycles. The van der Waals surface area contributed by atoms with Crippen LogP contribution in [0.1, 0.15) is 84.4 Å². The third-order valence-corrected chi connectivity index (χ3v) is 6.25. The highest BCUT2D eigenvalue weighted by Crippen LogP contribution is 2.28. The van der Waals surface area contributed by atoms with Gasteiger partial charge in [0.2, 0.25) is 5.91 Å². The van der Waals surface area contributed by atoms with Crippen LogP contribution in [-0.4, -0.2) is 89.2 Å². The zero-order valence-corrected chi connectivity index (χ0v) is 25.2. The second-order valence-corrected chi connectivity index (χ2v) is 12.7. The first-order valence-electron chi connectivity index (χ1n) is 13.7. The summed E-state index contributed by atoms with van der Waals surface area (Å²) < 4.78 is 10.7. The van der Waals surface area contributed by atoms with E-state index in [0.29, 0.717) is 43.3 Å². The lowest BCUT2D eigenvalue weighted by Crippen LogP contribution is -2.57. The lowest BCUT2D eigenvalue weighted by molar-refractivity contribution is -0.124. The Bertz CT molecular complexity index is 1000. The number of amides is 3. The lowest BCUT2D eigenvalue weighted by atomic mass is 9.91. The molecule has 220 valence electrons. The van der Waals surface area contributed by atoms with Crippen LogP contribution in [0, 0.1) is 11.8 Å². The van der Waals surface area contributed by atoms with Gasteiger partial charge in [-0.1, -0.05) is 34.6 Å². The van der Waals surface area contributed by atoms with Gasteiger partial charge in [-0.15, -0.1) is 0 Å². The number of methoxy groups -OCH3 is 1. The normalized spacial score (nSPS) is 18.2. The summed E-state index contributed by atoms with van der Waals surface area (Å²) >= 11 is 0. The van der Waals surface area contributed by atoms with Crippen molar-refractivity contribution in [3.05, 3.63) is 17.6 Å². The van der Waals surface area contributed by atoms with Gasteiger partial charge in [-0.2, -0.15) is 0 Å². The molecule has 11 heteroatoms. The molecule has 1 aliphatic rings. The van der Waals surface area contributed by atoms with E-state index in [-0.39, 0.29) is 30.3 Å². The van der Waals surface area contributed by atoms with Crippen molar-refractivity contribution in [3.63, 3.8) is 0 Å². The second-order valence-electron chi connectivity index (χ2n) is 12.7. The topological polar surface area (TPSA) is 140 Å². The number of primary amides is 1. The number of hydrogen-bond donors (Lipinski definition) is 2. The van der Waals surface area contributed by atoms with Crippen LogP contribution in [0.2, 0.25) is 0 Å². The van der Waals surface area contributed by atoms with Crippen molar-refractivity contribution in [3.8, 4) is 0 Å². The van der Waals surface area contributed by atoms with Crippen LogP contribution < -0.4 is 11.1 Å². The van der Waals surface area contributed by atoms with Gasteiger partial charge >= 0.3 is 6.09 Å². The van der Waals surface area contributed by atoms with Gasteiger partial charge in [0.1, 0.15) is 22.8 Å². The standard InChI is InChI=1S/C28H48N6O5/c1-18(2)15-34(20-13-19(22(29)35)16-33(17-20)26(37)39-28(6,7)8)24(36)21-14-31-25(27(3,4)5)32-23(21)30-11-10-12-38-9/h14,18-20H,10-13,15-17H2,1-9H3,(H2,29,35)(H,30,31,32)/t19-,20-/m0/s1. The maximum Gasteiger partial charge on any atom is 0.410 e. The van der Waals surface area contributed by atoms with E-state index >= 15 is 0 Å². The van der Waals surface area contributed by atoms with Gasteiger partial charge in [-0.25, -0.2) is 14.8 Å². The first kappa shape index (κ1) is 32.3. The molecule has 1 aromatic heterocycles. The summed E-state index contributed by atoms with van der Waals surface area (Å²) in [5, 5.41) is 3.30. The number of nitrogens with two attached hydrogens (primary N) is 1. The van der Waals surface area contributed by atoms with E-state index in [4.69, 9.17) is 20.2 Å². The molecule has 3 amide bonds. The number of ether oxygens (including phenoxy) is 2. The van der Waals surface area contributed by atoms with Crippen LogP contribution >= 0.6 is 0 Å². The predicted molar refractivity (Wildman–Crippen MR) is 150 cm³/mol. The maximum atomic E-state index is 14.2. The molecule has 0 unspecified atom stereocenters. The van der Waals surface area contributed by atoms with Crippen molar-refractivity contribution in [2.24, 2.45) is 17.6 Å². The number of piperidine rings is 1. The van der Waals surface area contributed by atoms with E-state index in [1.807, 2.05) is 34.6 Å². The molecule has 11 nitrogen and oxygen atoms in total. The molecule has 1 aromatic rings. The average Bonchev–Trinajstić information content (AvgIpc) is 2.82. The largest absolute Gasteiger partial charge is 0.444 e. The maximum absolute atomic E-state index is 14.2. The van der Waals surface area contributed by atoms with Gasteiger partial charge in [-0.3, -0.25) is 9.59 Å². The highest BCUT2D eigenvalue weighted by molar-refractivity contribution is 5.98. The van der Waals surface area contributed by atoms with Gasteiger partial charge in [0.05, 0.1) is 12.0 Å². The molecule has 0 aromatic carbocycles. The van der Waals surface area contributed by atoms with Crippen molar-refractivity contribution < 1.29 is 23.9 Å². The monoisotopic (exact) mass is 548 g/mol. The summed E-state index contributed by atoms with van der Waals surface area (Å²) in [6.07, 6.45) is 2.13. The molecule has 2 rings (SSSR count).